The standard InChI is InChI=1S/C41H40N4O10/c1-22-35(40(49)53-15-13-51-3)37(36(23(2)43-22)41(50)54-16-14-52-4)24-9-11-25(12-10-24)42-19-28-26-7-5-6-8-31(26)44-38-29(28)20-45-32(38)17-27-30(39(45)48)21-55-34(47)18-33(27)46/h5-12,17,19,33,37,43,46H,13-16,18,20-21H2,1-4H3. The molecule has 0 radical (unpaired) electrons. The number of nitrogens with zero attached hydrogens (tertiary/aromatic N) is 3. The number of fused-ring (bicyclic) bond motifs is 5. The van der Waals surface area contributed by atoms with E-state index >= 15 is 0 Å². The molecule has 2 aromatic carbocycles. The maximum atomic E-state index is 13.7. The topological polar surface area (TPSA) is 177 Å². The van der Waals surface area contributed by atoms with Gasteiger partial charge in [-0.1, -0.05) is 30.3 Å². The van der Waals surface area contributed by atoms with E-state index in [1.165, 1.54) is 14.2 Å². The van der Waals surface area contributed by atoms with Crippen molar-refractivity contribution in [2.24, 2.45) is 4.99 Å². The first kappa shape index (κ1) is 37.4. The van der Waals surface area contributed by atoms with E-state index in [-0.39, 0.29) is 68.3 Å². The van der Waals surface area contributed by atoms with E-state index in [4.69, 9.17) is 33.7 Å². The van der Waals surface area contributed by atoms with Crippen LogP contribution in [0.1, 0.15) is 60.1 Å². The van der Waals surface area contributed by atoms with Crippen molar-refractivity contribution in [3.63, 3.8) is 0 Å². The molecule has 1 unspecified atom stereocenters. The lowest BCUT2D eigenvalue weighted by atomic mass is 9.80. The smallest absolute Gasteiger partial charge is 0.336 e. The number of hydrogen-bond acceptors (Lipinski definition) is 13. The fourth-order valence-electron chi connectivity index (χ4n) is 7.29. The summed E-state index contributed by atoms with van der Waals surface area (Å²) in [5, 5.41) is 14.8. The summed E-state index contributed by atoms with van der Waals surface area (Å²) in [6, 6.07) is 16.5. The number of aliphatic hydroxyl groups is 1. The van der Waals surface area contributed by atoms with Crippen molar-refractivity contribution in [1.82, 2.24) is 14.9 Å². The lowest BCUT2D eigenvalue weighted by molar-refractivity contribution is -0.146. The second-order valence-electron chi connectivity index (χ2n) is 13.3. The molecule has 2 N–H and O–H groups in total. The van der Waals surface area contributed by atoms with Crippen LogP contribution >= 0.6 is 0 Å². The average Bonchev–Trinajstić information content (AvgIpc) is 3.46. The molecular weight excluding hydrogens is 708 g/mol. The lowest BCUT2D eigenvalue weighted by Gasteiger charge is -2.30. The number of para-hydroxylation sites is 1. The van der Waals surface area contributed by atoms with E-state index in [0.717, 1.165) is 16.5 Å². The van der Waals surface area contributed by atoms with Gasteiger partial charge in [-0.05, 0) is 49.2 Å². The van der Waals surface area contributed by atoms with Gasteiger partial charge in [-0.15, -0.1) is 0 Å². The number of aliphatic imine (C=N–C) groups is 1. The second-order valence-corrected chi connectivity index (χ2v) is 13.3. The number of carbonyl (C=O) groups excluding carboxylic acids is 3. The molecule has 55 heavy (non-hydrogen) atoms. The first-order chi connectivity index (χ1) is 26.6. The molecule has 3 aliphatic heterocycles. The zero-order chi connectivity index (χ0) is 38.8. The Kier molecular flexibility index (Phi) is 10.7. The molecule has 4 aromatic rings. The number of dihydropyridines is 1. The third-order valence-corrected chi connectivity index (χ3v) is 9.94. The first-order valence-electron chi connectivity index (χ1n) is 17.8. The molecule has 14 heteroatoms. The van der Waals surface area contributed by atoms with Gasteiger partial charge in [-0.3, -0.25) is 14.6 Å². The van der Waals surface area contributed by atoms with Crippen molar-refractivity contribution in [2.45, 2.75) is 45.4 Å². The van der Waals surface area contributed by atoms with Gasteiger partial charge in [-0.2, -0.15) is 0 Å². The van der Waals surface area contributed by atoms with Gasteiger partial charge in [0.15, 0.2) is 0 Å². The van der Waals surface area contributed by atoms with Crippen molar-refractivity contribution in [1.29, 1.82) is 0 Å². The Labute approximate surface area is 316 Å². The van der Waals surface area contributed by atoms with Crippen molar-refractivity contribution in [3.05, 3.63) is 115 Å². The zero-order valence-corrected chi connectivity index (χ0v) is 30.8. The minimum atomic E-state index is -1.17. The molecule has 1 atom stereocenters. The van der Waals surface area contributed by atoms with E-state index < -0.39 is 29.9 Å². The number of ether oxygens (including phenoxy) is 5. The summed E-state index contributed by atoms with van der Waals surface area (Å²) < 4.78 is 28.0. The molecule has 0 fully saturated rings. The van der Waals surface area contributed by atoms with Crippen LogP contribution in [0.4, 0.5) is 5.69 Å². The third kappa shape index (κ3) is 7.19. The summed E-state index contributed by atoms with van der Waals surface area (Å²) in [5.74, 6) is -2.55. The highest BCUT2D eigenvalue weighted by Crippen LogP contribution is 2.41. The van der Waals surface area contributed by atoms with Crippen LogP contribution in [-0.2, 0) is 51.2 Å². The van der Waals surface area contributed by atoms with E-state index in [2.05, 4.69) is 5.32 Å². The van der Waals surface area contributed by atoms with Crippen LogP contribution in [0.15, 0.2) is 86.9 Å². The van der Waals surface area contributed by atoms with Gasteiger partial charge in [0.05, 0.1) is 77.5 Å². The summed E-state index contributed by atoms with van der Waals surface area (Å²) in [6.45, 7) is 4.01. The zero-order valence-electron chi connectivity index (χ0n) is 30.8. The summed E-state index contributed by atoms with van der Waals surface area (Å²) >= 11 is 0. The highest BCUT2D eigenvalue weighted by Gasteiger charge is 2.38. The average molecular weight is 749 g/mol. The number of rotatable bonds is 11. The van der Waals surface area contributed by atoms with Crippen LogP contribution in [0.3, 0.4) is 0 Å². The van der Waals surface area contributed by atoms with E-state index in [1.54, 1.807) is 42.8 Å². The van der Waals surface area contributed by atoms with Gasteiger partial charge in [0.2, 0.25) is 0 Å². The monoisotopic (exact) mass is 748 g/mol. The molecule has 0 aliphatic carbocycles. The molecule has 3 aliphatic rings. The summed E-state index contributed by atoms with van der Waals surface area (Å²) in [5.41, 5.74) is 6.51. The largest absolute Gasteiger partial charge is 0.460 e. The quantitative estimate of drug-likeness (QED) is 0.0851. The van der Waals surface area contributed by atoms with Gasteiger partial charge < -0.3 is 38.7 Å². The Morgan fingerprint density at radius 1 is 0.945 bits per heavy atom. The molecule has 0 amide bonds. The van der Waals surface area contributed by atoms with Crippen LogP contribution in [0, 0.1) is 0 Å². The number of pyridine rings is 2. The van der Waals surface area contributed by atoms with Crippen LogP contribution in [0.5, 0.6) is 0 Å². The number of nitrogens with one attached hydrogen (secondary N) is 1. The molecular formula is C41H40N4O10. The van der Waals surface area contributed by atoms with Crippen LogP contribution in [0.25, 0.3) is 22.3 Å². The van der Waals surface area contributed by atoms with Crippen molar-refractivity contribution >= 4 is 40.7 Å². The minimum Gasteiger partial charge on any atom is -0.460 e. The fraction of sp³-hybridized carbons (Fsp3) is 0.317. The molecule has 2 aromatic heterocycles. The van der Waals surface area contributed by atoms with Crippen LogP contribution in [0.2, 0.25) is 0 Å². The van der Waals surface area contributed by atoms with Gasteiger partial charge in [0.25, 0.3) is 5.56 Å². The van der Waals surface area contributed by atoms with Gasteiger partial charge in [-0.25, -0.2) is 14.6 Å². The van der Waals surface area contributed by atoms with Crippen molar-refractivity contribution in [3.8, 4) is 11.4 Å². The second kappa shape index (κ2) is 15.8. The molecule has 0 saturated heterocycles. The van der Waals surface area contributed by atoms with E-state index in [1.807, 2.05) is 36.4 Å². The number of esters is 3. The molecule has 0 saturated carbocycles. The normalized spacial score (nSPS) is 16.7. The Morgan fingerprint density at radius 3 is 2.25 bits per heavy atom. The minimum absolute atomic E-state index is 0.0373. The number of allylic oxidation sites excluding steroid dienone is 2. The molecule has 284 valence electrons. The van der Waals surface area contributed by atoms with Gasteiger partial charge in [0, 0.05) is 48.3 Å². The number of carbonyl (C=O) groups is 3. The Bertz CT molecular complexity index is 2320. The highest BCUT2D eigenvalue weighted by atomic mass is 16.6. The maximum absolute atomic E-state index is 13.7. The van der Waals surface area contributed by atoms with E-state index in [0.29, 0.717) is 45.1 Å². The predicted octanol–water partition coefficient (Wildman–Crippen LogP) is 4.27. The molecule has 0 bridgehead atoms. The van der Waals surface area contributed by atoms with Crippen molar-refractivity contribution < 1.29 is 43.2 Å². The van der Waals surface area contributed by atoms with E-state index in [9.17, 15) is 24.3 Å². The van der Waals surface area contributed by atoms with Crippen molar-refractivity contribution in [2.75, 3.05) is 40.6 Å². The van der Waals surface area contributed by atoms with Gasteiger partial charge in [0.1, 0.15) is 19.8 Å². The number of benzene rings is 2. The summed E-state index contributed by atoms with van der Waals surface area (Å²) in [6.07, 6.45) is 0.329. The predicted molar refractivity (Wildman–Crippen MR) is 201 cm³/mol. The third-order valence-electron chi connectivity index (χ3n) is 9.94. The Morgan fingerprint density at radius 2 is 1.60 bits per heavy atom. The Balaban J connectivity index is 1.25. The van der Waals surface area contributed by atoms with Gasteiger partial charge >= 0.3 is 17.9 Å². The number of aliphatic hydroxyl groups excluding tert-OH is 1. The summed E-state index contributed by atoms with van der Waals surface area (Å²) in [7, 11) is 3.02. The number of hydrogen-bond donors (Lipinski definition) is 2. The Hall–Kier alpha value is -5.96. The number of cyclic esters (lactones) is 1. The molecule has 0 spiro atoms. The molecule has 5 heterocycles. The fourth-order valence-corrected chi connectivity index (χ4v) is 7.29. The van der Waals surface area contributed by atoms with Crippen LogP contribution in [-0.4, -0.2) is 79.4 Å². The number of aromatic nitrogens is 2. The molecule has 14 nitrogen and oxygen atoms in total. The lowest BCUT2D eigenvalue weighted by Crippen LogP contribution is -2.33. The maximum Gasteiger partial charge on any atom is 0.336 e. The van der Waals surface area contributed by atoms with Crippen LogP contribution < -0.4 is 10.9 Å². The highest BCUT2D eigenvalue weighted by molar-refractivity contribution is 6.03. The SMILES string of the molecule is COCCOC(=O)C1=C(C)NC(C)=C(C(=O)OCCOC)C1c1ccc(N=Cc2c3c(nc4ccccc24)-c2cc4c(c(=O)n2C3)COC(=O)CC4O)cc1. The first-order valence-corrected chi connectivity index (χ1v) is 17.8. The molecule has 7 rings (SSSR count). The summed E-state index contributed by atoms with van der Waals surface area (Å²) in [4.78, 5) is 62.5. The number of methoxy groups -OCH3 is 2.